The van der Waals surface area contributed by atoms with E-state index in [9.17, 15) is 9.59 Å². The van der Waals surface area contributed by atoms with Gasteiger partial charge >= 0.3 is 5.97 Å². The number of nitrogens with one attached hydrogen (secondary N) is 1. The summed E-state index contributed by atoms with van der Waals surface area (Å²) in [6.07, 6.45) is 1.95. The molecule has 0 saturated heterocycles. The molecule has 1 atom stereocenters. The van der Waals surface area contributed by atoms with Crippen LogP contribution in [0.5, 0.6) is 17.2 Å². The van der Waals surface area contributed by atoms with E-state index in [1.54, 1.807) is 12.1 Å². The molecule has 1 unspecified atom stereocenters. The van der Waals surface area contributed by atoms with E-state index >= 15 is 0 Å². The van der Waals surface area contributed by atoms with Crippen LogP contribution >= 0.6 is 0 Å². The molecule has 0 bridgehead atoms. The van der Waals surface area contributed by atoms with Crippen LogP contribution in [0.3, 0.4) is 0 Å². The molecule has 7 nitrogen and oxygen atoms in total. The van der Waals surface area contributed by atoms with Crippen molar-refractivity contribution in [1.82, 2.24) is 5.32 Å². The SMILES string of the molecule is COc1cc(C2C(C(=O)OCc3ccccc3)=C(C)NC3=C2C(=O)CCC3)cc(OC)c1OC. The number of esters is 1. The molecular weight excluding hydrogens is 434 g/mol. The van der Waals surface area contributed by atoms with Crippen molar-refractivity contribution in [3.63, 3.8) is 0 Å². The molecule has 4 rings (SSSR count). The van der Waals surface area contributed by atoms with Gasteiger partial charge in [-0.25, -0.2) is 4.79 Å². The van der Waals surface area contributed by atoms with Gasteiger partial charge in [0, 0.05) is 29.3 Å². The summed E-state index contributed by atoms with van der Waals surface area (Å²) in [7, 11) is 4.61. The number of dihydropyridines is 1. The van der Waals surface area contributed by atoms with Gasteiger partial charge in [0.1, 0.15) is 6.61 Å². The Morgan fingerprint density at radius 3 is 2.29 bits per heavy atom. The van der Waals surface area contributed by atoms with Gasteiger partial charge in [0.25, 0.3) is 0 Å². The van der Waals surface area contributed by atoms with Crippen molar-refractivity contribution in [2.75, 3.05) is 21.3 Å². The number of hydrogen-bond donors (Lipinski definition) is 1. The van der Waals surface area contributed by atoms with E-state index < -0.39 is 11.9 Å². The van der Waals surface area contributed by atoms with Crippen molar-refractivity contribution in [3.05, 3.63) is 76.1 Å². The number of allylic oxidation sites excluding steroid dienone is 3. The first kappa shape index (κ1) is 23.4. The zero-order valence-electron chi connectivity index (χ0n) is 19.9. The molecule has 0 saturated carbocycles. The van der Waals surface area contributed by atoms with Crippen molar-refractivity contribution < 1.29 is 28.5 Å². The van der Waals surface area contributed by atoms with Crippen LogP contribution in [-0.4, -0.2) is 33.1 Å². The van der Waals surface area contributed by atoms with Crippen LogP contribution in [0.1, 0.15) is 43.2 Å². The lowest BCUT2D eigenvalue weighted by Crippen LogP contribution is -2.34. The van der Waals surface area contributed by atoms with Crippen LogP contribution in [0.25, 0.3) is 0 Å². The number of ether oxygens (including phenoxy) is 4. The number of benzene rings is 2. The van der Waals surface area contributed by atoms with Crippen LogP contribution in [-0.2, 0) is 20.9 Å². The molecule has 34 heavy (non-hydrogen) atoms. The zero-order chi connectivity index (χ0) is 24.2. The lowest BCUT2D eigenvalue weighted by atomic mass is 9.75. The van der Waals surface area contributed by atoms with Gasteiger partial charge in [0.2, 0.25) is 5.75 Å². The van der Waals surface area contributed by atoms with E-state index in [1.165, 1.54) is 21.3 Å². The van der Waals surface area contributed by atoms with Crippen LogP contribution < -0.4 is 19.5 Å². The Balaban J connectivity index is 1.80. The normalized spacial score (nSPS) is 17.6. The molecule has 1 heterocycles. The molecule has 2 aromatic rings. The minimum Gasteiger partial charge on any atom is -0.493 e. The fourth-order valence-corrected chi connectivity index (χ4v) is 4.66. The summed E-state index contributed by atoms with van der Waals surface area (Å²) in [5, 5.41) is 3.31. The third-order valence-electron chi connectivity index (χ3n) is 6.23. The fourth-order valence-electron chi connectivity index (χ4n) is 4.66. The number of methoxy groups -OCH3 is 3. The fraction of sp³-hybridized carbons (Fsp3) is 0.333. The first-order chi connectivity index (χ1) is 16.5. The van der Waals surface area contributed by atoms with E-state index in [-0.39, 0.29) is 12.4 Å². The largest absolute Gasteiger partial charge is 0.493 e. The highest BCUT2D eigenvalue weighted by Gasteiger charge is 2.40. The maximum absolute atomic E-state index is 13.4. The minimum atomic E-state index is -0.610. The van der Waals surface area contributed by atoms with Crippen molar-refractivity contribution in [2.24, 2.45) is 0 Å². The standard InChI is InChI=1S/C27H29NO6/c1-16-23(27(30)34-15-17-9-6-5-7-10-17)24(25-19(28-16)11-8-12-20(25)29)18-13-21(31-2)26(33-4)22(14-18)32-3/h5-7,9-10,13-14,24,28H,8,11-12,15H2,1-4H3. The Morgan fingerprint density at radius 2 is 1.68 bits per heavy atom. The molecule has 0 aromatic heterocycles. The Morgan fingerprint density at radius 1 is 1.00 bits per heavy atom. The molecule has 0 radical (unpaired) electrons. The number of rotatable bonds is 7. The number of ketones is 1. The van der Waals surface area contributed by atoms with E-state index in [2.05, 4.69) is 5.32 Å². The molecule has 2 aromatic carbocycles. The predicted octanol–water partition coefficient (Wildman–Crippen LogP) is 4.42. The summed E-state index contributed by atoms with van der Waals surface area (Å²) in [5.74, 6) is 0.290. The second-order valence-electron chi connectivity index (χ2n) is 8.29. The maximum atomic E-state index is 13.4. The van der Waals surface area contributed by atoms with Gasteiger partial charge < -0.3 is 24.3 Å². The molecule has 2 aliphatic rings. The molecule has 7 heteroatoms. The lowest BCUT2D eigenvalue weighted by Gasteiger charge is -2.34. The third kappa shape index (κ3) is 4.38. The van der Waals surface area contributed by atoms with Gasteiger partial charge in [-0.2, -0.15) is 0 Å². The molecule has 0 amide bonds. The third-order valence-corrected chi connectivity index (χ3v) is 6.23. The minimum absolute atomic E-state index is 0.0216. The molecule has 1 aliphatic heterocycles. The van der Waals surface area contributed by atoms with Gasteiger partial charge in [-0.3, -0.25) is 4.79 Å². The summed E-state index contributed by atoms with van der Waals surface area (Å²) >= 11 is 0. The summed E-state index contributed by atoms with van der Waals surface area (Å²) in [6, 6.07) is 13.1. The van der Waals surface area contributed by atoms with Crippen LogP contribution in [0.15, 0.2) is 65.0 Å². The van der Waals surface area contributed by atoms with E-state index in [0.29, 0.717) is 46.1 Å². The summed E-state index contributed by atoms with van der Waals surface area (Å²) in [6.45, 7) is 1.98. The number of Topliss-reactive ketones (excluding diaryl/α,β-unsaturated/α-hetero) is 1. The number of carbonyl (C=O) groups excluding carboxylic acids is 2. The van der Waals surface area contributed by atoms with Crippen molar-refractivity contribution >= 4 is 11.8 Å². The van der Waals surface area contributed by atoms with E-state index in [4.69, 9.17) is 18.9 Å². The number of carbonyl (C=O) groups is 2. The van der Waals surface area contributed by atoms with E-state index in [0.717, 1.165) is 24.1 Å². The Bertz CT molecular complexity index is 1140. The Labute approximate surface area is 199 Å². The molecule has 1 N–H and O–H groups in total. The van der Waals surface area contributed by atoms with Crippen LogP contribution in [0, 0.1) is 0 Å². The van der Waals surface area contributed by atoms with Gasteiger partial charge in [-0.05, 0) is 43.0 Å². The summed E-state index contributed by atoms with van der Waals surface area (Å²) in [5.41, 5.74) is 4.11. The molecule has 1 aliphatic carbocycles. The second-order valence-corrected chi connectivity index (χ2v) is 8.29. The summed E-state index contributed by atoms with van der Waals surface area (Å²) < 4.78 is 22.3. The Kier molecular flexibility index (Phi) is 6.91. The topological polar surface area (TPSA) is 83.1 Å². The highest BCUT2D eigenvalue weighted by atomic mass is 16.5. The monoisotopic (exact) mass is 463 g/mol. The quantitative estimate of drug-likeness (QED) is 0.609. The van der Waals surface area contributed by atoms with Gasteiger partial charge in [0.15, 0.2) is 17.3 Å². The molecule has 0 fully saturated rings. The second kappa shape index (κ2) is 10.0. The first-order valence-corrected chi connectivity index (χ1v) is 11.2. The highest BCUT2D eigenvalue weighted by Crippen LogP contribution is 2.47. The maximum Gasteiger partial charge on any atom is 0.337 e. The van der Waals surface area contributed by atoms with Crippen molar-refractivity contribution in [1.29, 1.82) is 0 Å². The van der Waals surface area contributed by atoms with Crippen molar-refractivity contribution in [2.45, 2.75) is 38.7 Å². The average molecular weight is 464 g/mol. The average Bonchev–Trinajstić information content (AvgIpc) is 2.86. The molecule has 0 spiro atoms. The van der Waals surface area contributed by atoms with Crippen LogP contribution in [0.4, 0.5) is 0 Å². The smallest absolute Gasteiger partial charge is 0.337 e. The molecular formula is C27H29NO6. The predicted molar refractivity (Wildman–Crippen MR) is 127 cm³/mol. The zero-order valence-corrected chi connectivity index (χ0v) is 19.9. The lowest BCUT2D eigenvalue weighted by molar-refractivity contribution is -0.140. The number of hydrogen-bond acceptors (Lipinski definition) is 7. The Hall–Kier alpha value is -3.74. The van der Waals surface area contributed by atoms with Gasteiger partial charge in [-0.15, -0.1) is 0 Å². The van der Waals surface area contributed by atoms with Gasteiger partial charge in [-0.1, -0.05) is 30.3 Å². The van der Waals surface area contributed by atoms with Crippen LogP contribution in [0.2, 0.25) is 0 Å². The highest BCUT2D eigenvalue weighted by molar-refractivity contribution is 6.03. The molecule has 178 valence electrons. The van der Waals surface area contributed by atoms with E-state index in [1.807, 2.05) is 37.3 Å². The van der Waals surface area contributed by atoms with Gasteiger partial charge in [0.05, 0.1) is 26.9 Å². The first-order valence-electron chi connectivity index (χ1n) is 11.2. The van der Waals surface area contributed by atoms with Crippen molar-refractivity contribution in [3.8, 4) is 17.2 Å². The summed E-state index contributed by atoms with van der Waals surface area (Å²) in [4.78, 5) is 26.6.